The van der Waals surface area contributed by atoms with Gasteiger partial charge in [-0.1, -0.05) is 11.6 Å². The molecule has 0 bridgehead atoms. The van der Waals surface area contributed by atoms with Crippen LogP contribution < -0.4 is 9.80 Å². The molecule has 0 unspecified atom stereocenters. The topological polar surface area (TPSA) is 43.8 Å². The molecule has 0 radical (unpaired) electrons. The zero-order chi connectivity index (χ0) is 13.3. The lowest BCUT2D eigenvalue weighted by Gasteiger charge is -2.26. The Hall–Kier alpha value is -1.42. The van der Waals surface area contributed by atoms with Gasteiger partial charge in [-0.15, -0.1) is 0 Å². The lowest BCUT2D eigenvalue weighted by atomic mass is 10.1. The monoisotopic (exact) mass is 268 g/mol. The Morgan fingerprint density at radius 1 is 1.44 bits per heavy atom. The number of carboxylic acids is 1. The molecule has 1 aliphatic heterocycles. The molecule has 0 atom stereocenters. The van der Waals surface area contributed by atoms with Gasteiger partial charge in [0.25, 0.3) is 0 Å². The van der Waals surface area contributed by atoms with E-state index in [1.165, 1.54) is 0 Å². The number of benzene rings is 1. The molecular formula is C13H17ClN2O2. The summed E-state index contributed by atoms with van der Waals surface area (Å²) in [5, 5.41) is 9.70. The SMILES string of the molecule is Cc1cc(Cl)cc2c1N(CC(=O)O)CCCN2C. The smallest absolute Gasteiger partial charge is 0.323 e. The molecule has 0 fully saturated rings. The van der Waals surface area contributed by atoms with Gasteiger partial charge in [0.15, 0.2) is 0 Å². The number of fused-ring (bicyclic) bond motifs is 1. The molecule has 5 heteroatoms. The Kier molecular flexibility index (Phi) is 3.66. The molecule has 0 saturated carbocycles. The van der Waals surface area contributed by atoms with E-state index in [0.717, 1.165) is 36.4 Å². The molecular weight excluding hydrogens is 252 g/mol. The van der Waals surface area contributed by atoms with Gasteiger partial charge in [-0.05, 0) is 31.0 Å². The van der Waals surface area contributed by atoms with Crippen LogP contribution in [-0.2, 0) is 4.79 Å². The molecule has 1 aromatic rings. The summed E-state index contributed by atoms with van der Waals surface area (Å²) in [4.78, 5) is 15.0. The number of aliphatic carboxylic acids is 1. The van der Waals surface area contributed by atoms with Crippen LogP contribution >= 0.6 is 11.6 Å². The molecule has 0 spiro atoms. The molecule has 1 aliphatic rings. The van der Waals surface area contributed by atoms with E-state index in [4.69, 9.17) is 16.7 Å². The maximum atomic E-state index is 11.0. The number of carbonyl (C=O) groups is 1. The first-order valence-corrected chi connectivity index (χ1v) is 6.35. The van der Waals surface area contributed by atoms with E-state index in [9.17, 15) is 4.79 Å². The minimum absolute atomic E-state index is 0.0311. The quantitative estimate of drug-likeness (QED) is 0.894. The Labute approximate surface area is 112 Å². The predicted molar refractivity (Wildman–Crippen MR) is 73.9 cm³/mol. The van der Waals surface area contributed by atoms with Crippen LogP contribution in [0, 0.1) is 6.92 Å². The number of aryl methyl sites for hydroxylation is 1. The zero-order valence-corrected chi connectivity index (χ0v) is 11.4. The summed E-state index contributed by atoms with van der Waals surface area (Å²) < 4.78 is 0. The largest absolute Gasteiger partial charge is 0.480 e. The van der Waals surface area contributed by atoms with Crippen molar-refractivity contribution in [3.8, 4) is 0 Å². The summed E-state index contributed by atoms with van der Waals surface area (Å²) in [5.41, 5.74) is 3.02. The molecule has 0 aliphatic carbocycles. The second-order valence-corrected chi connectivity index (χ2v) is 5.12. The Balaban J connectivity index is 2.50. The highest BCUT2D eigenvalue weighted by molar-refractivity contribution is 6.31. The standard InChI is InChI=1S/C13H17ClN2O2/c1-9-6-10(14)7-11-13(9)16(8-12(17)18)5-3-4-15(11)2/h6-7H,3-5,8H2,1-2H3,(H,17,18). The van der Waals surface area contributed by atoms with Gasteiger partial charge in [0.1, 0.15) is 6.54 Å². The van der Waals surface area contributed by atoms with E-state index in [-0.39, 0.29) is 6.54 Å². The van der Waals surface area contributed by atoms with Crippen LogP contribution in [0.15, 0.2) is 12.1 Å². The third-order valence-electron chi connectivity index (χ3n) is 3.22. The van der Waals surface area contributed by atoms with Crippen molar-refractivity contribution < 1.29 is 9.90 Å². The zero-order valence-electron chi connectivity index (χ0n) is 10.6. The first-order valence-electron chi connectivity index (χ1n) is 5.97. The van der Waals surface area contributed by atoms with Gasteiger partial charge in [0.05, 0.1) is 11.4 Å². The average molecular weight is 269 g/mol. The fraction of sp³-hybridized carbons (Fsp3) is 0.462. The van der Waals surface area contributed by atoms with Crippen molar-refractivity contribution in [1.29, 1.82) is 0 Å². The highest BCUT2D eigenvalue weighted by Crippen LogP contribution is 2.37. The number of rotatable bonds is 2. The molecule has 0 saturated heterocycles. The lowest BCUT2D eigenvalue weighted by molar-refractivity contribution is -0.135. The summed E-state index contributed by atoms with van der Waals surface area (Å²) in [6, 6.07) is 3.79. The number of hydrogen-bond donors (Lipinski definition) is 1. The Bertz CT molecular complexity index is 476. The summed E-state index contributed by atoms with van der Waals surface area (Å²) in [7, 11) is 2.01. The molecule has 98 valence electrons. The lowest BCUT2D eigenvalue weighted by Crippen LogP contribution is -2.30. The van der Waals surface area contributed by atoms with Gasteiger partial charge in [-0.3, -0.25) is 4.79 Å². The number of hydrogen-bond acceptors (Lipinski definition) is 3. The van der Waals surface area contributed by atoms with Gasteiger partial charge in [0.2, 0.25) is 0 Å². The summed E-state index contributed by atoms with van der Waals surface area (Å²) >= 11 is 6.09. The van der Waals surface area contributed by atoms with Crippen molar-refractivity contribution in [3.05, 3.63) is 22.7 Å². The van der Waals surface area contributed by atoms with Crippen molar-refractivity contribution in [1.82, 2.24) is 0 Å². The fourth-order valence-corrected chi connectivity index (χ4v) is 2.74. The minimum Gasteiger partial charge on any atom is -0.480 e. The van der Waals surface area contributed by atoms with Crippen LogP contribution in [0.5, 0.6) is 0 Å². The molecule has 1 heterocycles. The molecule has 18 heavy (non-hydrogen) atoms. The van der Waals surface area contributed by atoms with Crippen LogP contribution in [0.1, 0.15) is 12.0 Å². The second-order valence-electron chi connectivity index (χ2n) is 4.68. The highest BCUT2D eigenvalue weighted by atomic mass is 35.5. The van der Waals surface area contributed by atoms with Crippen LogP contribution in [0.25, 0.3) is 0 Å². The highest BCUT2D eigenvalue weighted by Gasteiger charge is 2.22. The van der Waals surface area contributed by atoms with Crippen LogP contribution in [0.3, 0.4) is 0 Å². The van der Waals surface area contributed by atoms with E-state index in [1.807, 2.05) is 31.0 Å². The number of halogens is 1. The molecule has 4 nitrogen and oxygen atoms in total. The average Bonchev–Trinajstić information content (AvgIpc) is 2.39. The Morgan fingerprint density at radius 3 is 2.83 bits per heavy atom. The van der Waals surface area contributed by atoms with Gasteiger partial charge in [-0.25, -0.2) is 0 Å². The molecule has 0 amide bonds. The normalized spacial score (nSPS) is 15.3. The second kappa shape index (κ2) is 5.06. The predicted octanol–water partition coefficient (Wildman–Crippen LogP) is 2.38. The molecule has 2 rings (SSSR count). The van der Waals surface area contributed by atoms with Crippen LogP contribution in [0.2, 0.25) is 5.02 Å². The van der Waals surface area contributed by atoms with Crippen molar-refractivity contribution >= 4 is 28.9 Å². The first-order chi connectivity index (χ1) is 8.49. The van der Waals surface area contributed by atoms with E-state index >= 15 is 0 Å². The van der Waals surface area contributed by atoms with E-state index in [1.54, 1.807) is 0 Å². The Morgan fingerprint density at radius 2 is 2.17 bits per heavy atom. The molecule has 1 aromatic carbocycles. The third kappa shape index (κ3) is 2.53. The van der Waals surface area contributed by atoms with E-state index in [0.29, 0.717) is 5.02 Å². The van der Waals surface area contributed by atoms with Gasteiger partial charge < -0.3 is 14.9 Å². The van der Waals surface area contributed by atoms with Gasteiger partial charge >= 0.3 is 5.97 Å². The van der Waals surface area contributed by atoms with Crippen molar-refractivity contribution in [3.63, 3.8) is 0 Å². The number of nitrogens with zero attached hydrogens (tertiary/aromatic N) is 2. The fourth-order valence-electron chi connectivity index (χ4n) is 2.47. The number of carboxylic acid groups (broad SMARTS) is 1. The maximum Gasteiger partial charge on any atom is 0.323 e. The van der Waals surface area contributed by atoms with E-state index < -0.39 is 5.97 Å². The maximum absolute atomic E-state index is 11.0. The van der Waals surface area contributed by atoms with Gasteiger partial charge in [0, 0.05) is 25.2 Å². The first kappa shape index (κ1) is 13.0. The van der Waals surface area contributed by atoms with Gasteiger partial charge in [-0.2, -0.15) is 0 Å². The summed E-state index contributed by atoms with van der Waals surface area (Å²) in [6.45, 7) is 3.66. The van der Waals surface area contributed by atoms with Crippen LogP contribution in [0.4, 0.5) is 11.4 Å². The van der Waals surface area contributed by atoms with Crippen molar-refractivity contribution in [2.24, 2.45) is 0 Å². The number of anilines is 2. The van der Waals surface area contributed by atoms with Crippen LogP contribution in [-0.4, -0.2) is 37.8 Å². The summed E-state index contributed by atoms with van der Waals surface area (Å²) in [5.74, 6) is -0.806. The minimum atomic E-state index is -0.806. The molecule has 0 aromatic heterocycles. The van der Waals surface area contributed by atoms with E-state index in [2.05, 4.69) is 4.90 Å². The summed E-state index contributed by atoms with van der Waals surface area (Å²) in [6.07, 6.45) is 0.940. The van der Waals surface area contributed by atoms with Crippen molar-refractivity contribution in [2.75, 3.05) is 36.5 Å². The van der Waals surface area contributed by atoms with Crippen molar-refractivity contribution in [2.45, 2.75) is 13.3 Å². The third-order valence-corrected chi connectivity index (χ3v) is 3.44. The molecule has 1 N–H and O–H groups in total.